The van der Waals surface area contributed by atoms with E-state index in [2.05, 4.69) is 42.5 Å². The summed E-state index contributed by atoms with van der Waals surface area (Å²) in [6.07, 6.45) is 4.30. The van der Waals surface area contributed by atoms with Gasteiger partial charge in [0.2, 0.25) is 5.96 Å². The number of rotatable bonds is 2. The van der Waals surface area contributed by atoms with Gasteiger partial charge < -0.3 is 9.80 Å². The zero-order valence-electron chi connectivity index (χ0n) is 16.3. The van der Waals surface area contributed by atoms with Gasteiger partial charge in [0, 0.05) is 35.3 Å². The van der Waals surface area contributed by atoms with Gasteiger partial charge in [0.15, 0.2) is 0 Å². The predicted octanol–water partition coefficient (Wildman–Crippen LogP) is 6.64. The predicted molar refractivity (Wildman–Crippen MR) is 126 cm³/mol. The number of benzene rings is 4. The molecule has 0 bridgehead atoms. The second-order valence-corrected chi connectivity index (χ2v) is 7.74. The number of nitrogens with zero attached hydrogens (tertiary/aromatic N) is 2. The number of anilines is 2. The molecule has 0 amide bonds. The molecule has 0 radical (unpaired) electrons. The SMILES string of the molecule is CN(C(=N)N(C)c1ccc2c3c(cccc13)C=C2)c1ccc(Cl)c2ccccc12. The van der Waals surface area contributed by atoms with Crippen molar-refractivity contribution < 1.29 is 0 Å². The number of hydrogen-bond donors (Lipinski definition) is 1. The van der Waals surface area contributed by atoms with Crippen LogP contribution in [0.25, 0.3) is 33.7 Å². The second-order valence-electron chi connectivity index (χ2n) is 7.33. The van der Waals surface area contributed by atoms with E-state index in [1.165, 1.54) is 16.5 Å². The van der Waals surface area contributed by atoms with E-state index in [0.717, 1.165) is 32.6 Å². The van der Waals surface area contributed by atoms with Crippen LogP contribution in [0.2, 0.25) is 5.02 Å². The molecule has 0 atom stereocenters. The van der Waals surface area contributed by atoms with E-state index in [1.54, 1.807) is 0 Å². The Morgan fingerprint density at radius 2 is 1.28 bits per heavy atom. The van der Waals surface area contributed by atoms with Gasteiger partial charge in [0.1, 0.15) is 0 Å². The lowest BCUT2D eigenvalue weighted by Crippen LogP contribution is -2.39. The largest absolute Gasteiger partial charge is 0.315 e. The molecule has 0 aliphatic heterocycles. The molecule has 29 heavy (non-hydrogen) atoms. The normalized spacial score (nSPS) is 12.0. The van der Waals surface area contributed by atoms with E-state index < -0.39 is 0 Å². The first-order valence-electron chi connectivity index (χ1n) is 9.53. The summed E-state index contributed by atoms with van der Waals surface area (Å²) in [5.41, 5.74) is 4.44. The standard InChI is InChI=1S/C25H20ClN3/c1-28(22-15-13-21(26)18-7-3-4-8-19(18)22)25(27)29(2)23-14-12-17-11-10-16-6-5-9-20(23)24(16)17/h3-15,27H,1-2H3. The second kappa shape index (κ2) is 6.64. The Balaban J connectivity index is 1.57. The molecule has 4 aromatic rings. The van der Waals surface area contributed by atoms with E-state index in [-0.39, 0.29) is 0 Å². The van der Waals surface area contributed by atoms with Crippen LogP contribution >= 0.6 is 11.6 Å². The number of fused-ring (bicyclic) bond motifs is 1. The Hall–Kier alpha value is -3.30. The molecule has 4 heteroatoms. The van der Waals surface area contributed by atoms with Crippen molar-refractivity contribution in [2.45, 2.75) is 0 Å². The van der Waals surface area contributed by atoms with Crippen molar-refractivity contribution >= 4 is 62.6 Å². The maximum atomic E-state index is 8.91. The van der Waals surface area contributed by atoms with Gasteiger partial charge in [-0.05, 0) is 34.7 Å². The van der Waals surface area contributed by atoms with Crippen LogP contribution in [-0.4, -0.2) is 20.1 Å². The van der Waals surface area contributed by atoms with Gasteiger partial charge in [-0.25, -0.2) is 0 Å². The molecule has 1 N–H and O–H groups in total. The average Bonchev–Trinajstić information content (AvgIpc) is 3.18. The summed E-state index contributed by atoms with van der Waals surface area (Å²) in [4.78, 5) is 3.84. The molecule has 1 aliphatic rings. The van der Waals surface area contributed by atoms with Crippen LogP contribution in [-0.2, 0) is 0 Å². The fraction of sp³-hybridized carbons (Fsp3) is 0.0800. The molecule has 0 unspecified atom stereocenters. The number of guanidine groups is 1. The van der Waals surface area contributed by atoms with E-state index >= 15 is 0 Å². The molecule has 142 valence electrons. The van der Waals surface area contributed by atoms with E-state index in [1.807, 2.05) is 60.3 Å². The molecule has 0 heterocycles. The number of nitrogens with one attached hydrogen (secondary N) is 1. The van der Waals surface area contributed by atoms with E-state index in [0.29, 0.717) is 5.96 Å². The summed E-state index contributed by atoms with van der Waals surface area (Å²) >= 11 is 6.38. The summed E-state index contributed by atoms with van der Waals surface area (Å²) in [7, 11) is 3.87. The van der Waals surface area contributed by atoms with Crippen LogP contribution in [0.5, 0.6) is 0 Å². The average molecular weight is 398 g/mol. The van der Waals surface area contributed by atoms with Gasteiger partial charge in [-0.15, -0.1) is 0 Å². The Bertz CT molecular complexity index is 1310. The van der Waals surface area contributed by atoms with Crippen LogP contribution in [0.4, 0.5) is 11.4 Å². The van der Waals surface area contributed by atoms with Crippen molar-refractivity contribution in [2.75, 3.05) is 23.9 Å². The van der Waals surface area contributed by atoms with Crippen molar-refractivity contribution in [1.82, 2.24) is 0 Å². The minimum atomic E-state index is 0.393. The highest BCUT2D eigenvalue weighted by atomic mass is 35.5. The Labute approximate surface area is 174 Å². The van der Waals surface area contributed by atoms with Crippen LogP contribution < -0.4 is 9.80 Å². The van der Waals surface area contributed by atoms with Crippen LogP contribution in [0.3, 0.4) is 0 Å². The molecule has 0 fully saturated rings. The fourth-order valence-electron chi connectivity index (χ4n) is 4.19. The highest BCUT2D eigenvalue weighted by Gasteiger charge is 2.20. The van der Waals surface area contributed by atoms with E-state index in [4.69, 9.17) is 17.0 Å². The monoisotopic (exact) mass is 397 g/mol. The third-order valence-electron chi connectivity index (χ3n) is 5.73. The zero-order valence-corrected chi connectivity index (χ0v) is 17.0. The summed E-state index contributed by atoms with van der Waals surface area (Å²) < 4.78 is 0. The van der Waals surface area contributed by atoms with Gasteiger partial charge in [-0.2, -0.15) is 0 Å². The molecule has 1 aliphatic carbocycles. The minimum absolute atomic E-state index is 0.393. The lowest BCUT2D eigenvalue weighted by Gasteiger charge is -2.30. The van der Waals surface area contributed by atoms with E-state index in [9.17, 15) is 0 Å². The Morgan fingerprint density at radius 3 is 2.03 bits per heavy atom. The van der Waals surface area contributed by atoms with Crippen molar-refractivity contribution in [2.24, 2.45) is 0 Å². The smallest absolute Gasteiger partial charge is 0.202 e. The van der Waals surface area contributed by atoms with Crippen molar-refractivity contribution in [1.29, 1.82) is 5.41 Å². The molecule has 0 saturated carbocycles. The summed E-state index contributed by atoms with van der Waals surface area (Å²) in [5.74, 6) is 0.393. The van der Waals surface area contributed by atoms with Gasteiger partial charge in [0.05, 0.1) is 11.4 Å². The van der Waals surface area contributed by atoms with Crippen molar-refractivity contribution in [3.05, 3.63) is 82.9 Å². The van der Waals surface area contributed by atoms with Crippen LogP contribution in [0.1, 0.15) is 11.1 Å². The summed E-state index contributed by atoms with van der Waals surface area (Å²) in [5, 5.41) is 14.1. The highest BCUT2D eigenvalue weighted by Crippen LogP contribution is 2.37. The zero-order chi connectivity index (χ0) is 20.1. The van der Waals surface area contributed by atoms with Gasteiger partial charge in [0.25, 0.3) is 0 Å². The Morgan fingerprint density at radius 1 is 0.690 bits per heavy atom. The summed E-state index contributed by atoms with van der Waals surface area (Å²) in [6, 6.07) is 22.5. The highest BCUT2D eigenvalue weighted by molar-refractivity contribution is 6.36. The molecular formula is C25H20ClN3. The van der Waals surface area contributed by atoms with Gasteiger partial charge in [-0.3, -0.25) is 5.41 Å². The van der Waals surface area contributed by atoms with Gasteiger partial charge >= 0.3 is 0 Å². The number of halogens is 1. The van der Waals surface area contributed by atoms with Crippen LogP contribution in [0, 0.1) is 5.41 Å². The maximum absolute atomic E-state index is 8.91. The van der Waals surface area contributed by atoms with Crippen molar-refractivity contribution in [3.63, 3.8) is 0 Å². The Kier molecular flexibility index (Phi) is 4.07. The molecule has 0 saturated heterocycles. The summed E-state index contributed by atoms with van der Waals surface area (Å²) in [6.45, 7) is 0. The molecule has 4 aromatic carbocycles. The maximum Gasteiger partial charge on any atom is 0.202 e. The first kappa shape index (κ1) is 17.8. The molecular weight excluding hydrogens is 378 g/mol. The molecule has 5 rings (SSSR count). The molecule has 0 spiro atoms. The van der Waals surface area contributed by atoms with Gasteiger partial charge in [-0.1, -0.05) is 72.3 Å². The van der Waals surface area contributed by atoms with Crippen molar-refractivity contribution in [3.8, 4) is 0 Å². The minimum Gasteiger partial charge on any atom is -0.315 e. The third kappa shape index (κ3) is 2.70. The lowest BCUT2D eigenvalue weighted by molar-refractivity contribution is 1.13. The fourth-order valence-corrected chi connectivity index (χ4v) is 4.42. The topological polar surface area (TPSA) is 30.3 Å². The molecule has 3 nitrogen and oxygen atoms in total. The third-order valence-corrected chi connectivity index (χ3v) is 6.06. The van der Waals surface area contributed by atoms with Crippen LogP contribution in [0.15, 0.2) is 66.7 Å². The quantitative estimate of drug-likeness (QED) is 0.267. The first-order valence-corrected chi connectivity index (χ1v) is 9.91. The molecule has 0 aromatic heterocycles. The number of hydrogen-bond acceptors (Lipinski definition) is 1. The first-order chi connectivity index (χ1) is 14.1. The lowest BCUT2D eigenvalue weighted by atomic mass is 10.0.